The van der Waals surface area contributed by atoms with E-state index in [-0.39, 0.29) is 71.4 Å². The third-order valence-electron chi connectivity index (χ3n) is 7.67. The first kappa shape index (κ1) is 39.8. The molecule has 0 spiro atoms. The predicted octanol–water partition coefficient (Wildman–Crippen LogP) is 4.95. The van der Waals surface area contributed by atoms with Gasteiger partial charge in [0, 0.05) is 18.0 Å². The number of benzene rings is 2. The van der Waals surface area contributed by atoms with Crippen LogP contribution in [0.15, 0.2) is 90.2 Å². The van der Waals surface area contributed by atoms with Crippen LogP contribution >= 0.6 is 0 Å². The van der Waals surface area contributed by atoms with E-state index in [4.69, 9.17) is 34.1 Å². The van der Waals surface area contributed by atoms with Gasteiger partial charge in [-0.05, 0) is 69.9 Å². The summed E-state index contributed by atoms with van der Waals surface area (Å²) in [5, 5.41) is 30.4. The maximum atomic E-state index is 13.9. The summed E-state index contributed by atoms with van der Waals surface area (Å²) < 4.78 is 58.3. The van der Waals surface area contributed by atoms with Crippen molar-refractivity contribution in [2.75, 3.05) is 25.0 Å². The molecule has 0 unspecified atom stereocenters. The zero-order valence-corrected chi connectivity index (χ0v) is 31.2. The lowest BCUT2D eigenvalue weighted by molar-refractivity contribution is -0.497. The fourth-order valence-electron chi connectivity index (χ4n) is 4.84. The molecule has 4 N–H and O–H groups in total. The van der Waals surface area contributed by atoms with E-state index in [2.05, 4.69) is 50.1 Å². The van der Waals surface area contributed by atoms with Crippen LogP contribution in [0.4, 0.5) is 10.6 Å². The second-order valence-electron chi connectivity index (χ2n) is 11.9. The molecule has 6 rings (SSSR count). The molecule has 296 valence electrons. The third kappa shape index (κ3) is 10.5. The quantitative estimate of drug-likeness (QED) is 0.0411. The van der Waals surface area contributed by atoms with Crippen LogP contribution in [0.25, 0.3) is 22.9 Å². The van der Waals surface area contributed by atoms with Gasteiger partial charge in [-0.2, -0.15) is 13.4 Å². The molecule has 0 fully saturated rings. The zero-order chi connectivity index (χ0) is 40.4. The Morgan fingerprint density at radius 3 is 2.44 bits per heavy atom. The van der Waals surface area contributed by atoms with E-state index in [0.29, 0.717) is 22.6 Å². The van der Waals surface area contributed by atoms with Crippen molar-refractivity contribution >= 4 is 22.0 Å². The number of hydrogen-bond donors (Lipinski definition) is 4. The number of para-hydroxylation sites is 2. The van der Waals surface area contributed by atoms with Crippen LogP contribution in [0, 0.1) is 0 Å². The van der Waals surface area contributed by atoms with E-state index in [1.807, 2.05) is 13.8 Å². The number of tetrazole rings is 1. The Labute approximate surface area is 324 Å². The molecule has 0 aliphatic carbocycles. The first-order chi connectivity index (χ1) is 27.5. The molecule has 0 radical (unpaired) electrons. The van der Waals surface area contributed by atoms with Crippen molar-refractivity contribution in [1.82, 2.24) is 45.9 Å². The number of pyridine rings is 2. The summed E-state index contributed by atoms with van der Waals surface area (Å²) in [6.45, 7) is 3.07. The van der Waals surface area contributed by atoms with E-state index in [1.54, 1.807) is 42.5 Å². The van der Waals surface area contributed by atoms with Gasteiger partial charge in [0.1, 0.15) is 24.7 Å². The van der Waals surface area contributed by atoms with Crippen LogP contribution in [0.1, 0.15) is 30.9 Å². The maximum absolute atomic E-state index is 13.9. The predicted molar refractivity (Wildman–Crippen MR) is 195 cm³/mol. The third-order valence-corrected chi connectivity index (χ3v) is 8.92. The van der Waals surface area contributed by atoms with Gasteiger partial charge in [-0.15, -0.1) is 5.10 Å². The van der Waals surface area contributed by atoms with Gasteiger partial charge in [-0.1, -0.05) is 44.2 Å². The van der Waals surface area contributed by atoms with Crippen molar-refractivity contribution in [2.45, 2.75) is 31.4 Å². The van der Waals surface area contributed by atoms with E-state index >= 15 is 0 Å². The minimum absolute atomic E-state index is 0.0332. The summed E-state index contributed by atoms with van der Waals surface area (Å²) >= 11 is 0. The van der Waals surface area contributed by atoms with E-state index in [0.717, 1.165) is 5.56 Å². The summed E-state index contributed by atoms with van der Waals surface area (Å²) in [7, 11) is -2.97. The molecule has 0 atom stereocenters. The molecule has 2 aromatic carbocycles. The van der Waals surface area contributed by atoms with Crippen LogP contribution in [0.3, 0.4) is 0 Å². The van der Waals surface area contributed by atoms with Crippen molar-refractivity contribution < 1.29 is 52.1 Å². The smallest absolute Gasteiger partial charge is 0.493 e. The Balaban J connectivity index is 1.32. The first-order valence-electron chi connectivity index (χ1n) is 16.8. The van der Waals surface area contributed by atoms with Gasteiger partial charge < -0.3 is 23.7 Å². The highest BCUT2D eigenvalue weighted by molar-refractivity contribution is 7.92. The van der Waals surface area contributed by atoms with Crippen LogP contribution in [-0.2, 0) is 26.2 Å². The molecule has 4 aromatic heterocycles. The molecule has 6 aromatic rings. The minimum Gasteiger partial charge on any atom is -0.493 e. The Bertz CT molecular complexity index is 2380. The fourth-order valence-corrected chi connectivity index (χ4v) is 5.78. The van der Waals surface area contributed by atoms with E-state index in [1.165, 1.54) is 49.8 Å². The lowest BCUT2D eigenvalue weighted by Crippen LogP contribution is -2.18. The lowest BCUT2D eigenvalue weighted by Gasteiger charge is -2.18. The van der Waals surface area contributed by atoms with Crippen molar-refractivity contribution in [1.29, 1.82) is 0 Å². The summed E-state index contributed by atoms with van der Waals surface area (Å²) in [5.74, 6) is 0.0396. The SMILES string of the molecule is COc1ccccc1Oc1c(NS(=O)(=O)c2ccc(C(C)C)cn2)nc(-c2ccnc(-c3nnn[nH]3)c2)nc1OCCOC(=O)Oc1ccc(CON(O)O)cc1. The van der Waals surface area contributed by atoms with Gasteiger partial charge in [-0.3, -0.25) is 20.1 Å². The number of ether oxygens (including phenoxy) is 5. The van der Waals surface area contributed by atoms with Crippen molar-refractivity contribution in [3.05, 3.63) is 96.3 Å². The van der Waals surface area contributed by atoms with Crippen LogP contribution in [-0.4, -0.2) is 91.3 Å². The molecule has 57 heavy (non-hydrogen) atoms. The zero-order valence-electron chi connectivity index (χ0n) is 30.3. The monoisotopic (exact) mass is 802 g/mol. The number of nitrogens with zero attached hydrogens (tertiary/aromatic N) is 8. The Morgan fingerprint density at radius 2 is 1.75 bits per heavy atom. The number of aromatic amines is 1. The summed E-state index contributed by atoms with van der Waals surface area (Å²) in [6, 6.07) is 18.7. The average molecular weight is 803 g/mol. The Hall–Kier alpha value is -6.85. The molecule has 0 aliphatic heterocycles. The van der Waals surface area contributed by atoms with Crippen LogP contribution in [0.5, 0.6) is 28.9 Å². The molecule has 22 heteroatoms. The summed E-state index contributed by atoms with van der Waals surface area (Å²) in [6.07, 6.45) is 1.86. The van der Waals surface area contributed by atoms with Crippen LogP contribution in [0.2, 0.25) is 0 Å². The lowest BCUT2D eigenvalue weighted by atomic mass is 10.1. The molecule has 21 nitrogen and oxygen atoms in total. The number of hydrogen-bond acceptors (Lipinski definition) is 19. The van der Waals surface area contributed by atoms with Gasteiger partial charge in [0.2, 0.25) is 5.75 Å². The van der Waals surface area contributed by atoms with Crippen molar-refractivity contribution in [3.63, 3.8) is 0 Å². The van der Waals surface area contributed by atoms with Gasteiger partial charge in [0.05, 0.1) is 19.1 Å². The highest BCUT2D eigenvalue weighted by Crippen LogP contribution is 2.42. The number of rotatable bonds is 17. The molecule has 0 amide bonds. The first-order valence-corrected chi connectivity index (χ1v) is 18.3. The Morgan fingerprint density at radius 1 is 0.965 bits per heavy atom. The molecule has 0 saturated carbocycles. The second-order valence-corrected chi connectivity index (χ2v) is 13.5. The molecule has 0 saturated heterocycles. The van der Waals surface area contributed by atoms with Crippen molar-refractivity contribution in [2.24, 2.45) is 0 Å². The van der Waals surface area contributed by atoms with Crippen molar-refractivity contribution in [3.8, 4) is 51.8 Å². The second kappa shape index (κ2) is 18.2. The Kier molecular flexibility index (Phi) is 12.7. The number of carbonyl (C=O) groups excluding carboxylic acids is 1. The molecule has 4 heterocycles. The van der Waals surface area contributed by atoms with Gasteiger partial charge in [-0.25, -0.2) is 24.7 Å². The number of aromatic nitrogens is 8. The largest absolute Gasteiger partial charge is 0.513 e. The highest BCUT2D eigenvalue weighted by Gasteiger charge is 2.27. The highest BCUT2D eigenvalue weighted by atomic mass is 32.2. The van der Waals surface area contributed by atoms with Gasteiger partial charge >= 0.3 is 6.16 Å². The van der Waals surface area contributed by atoms with E-state index in [9.17, 15) is 13.2 Å². The number of H-pyrrole nitrogens is 1. The van der Waals surface area contributed by atoms with E-state index < -0.39 is 21.6 Å². The average Bonchev–Trinajstić information content (AvgIpc) is 3.76. The minimum atomic E-state index is -4.40. The fraction of sp³-hybridized carbons (Fsp3) is 0.200. The number of carbonyl (C=O) groups is 1. The number of sulfonamides is 1. The molecule has 0 bridgehead atoms. The number of anilines is 1. The normalized spacial score (nSPS) is 11.4. The molecular weight excluding hydrogens is 769 g/mol. The topological polar surface area (TPSA) is 268 Å². The van der Waals surface area contributed by atoms with Crippen LogP contribution < -0.4 is 23.7 Å². The number of nitrogens with one attached hydrogen (secondary N) is 2. The summed E-state index contributed by atoms with van der Waals surface area (Å²) in [4.78, 5) is 34.6. The maximum Gasteiger partial charge on any atom is 0.513 e. The molecule has 0 aliphatic rings. The molecular formula is C35H34N10O11S. The number of methoxy groups -OCH3 is 1. The standard InChI is InChI=1S/C35H34N10O11S/c1-21(2)24-10-13-29(37-19-24)57(49,50)42-33-30(56-28-7-5-4-6-27(28)51-3)34(39-31(38-33)23-14-15-36-26(18-23)32-40-43-44-41-32)52-16-17-53-35(46)55-25-11-8-22(9-12-25)20-54-45(47)48/h4-15,18-19,21,47-48H,16-17,20H2,1-3H3,(H,38,39,42)(H,40,41,43,44). The van der Waals surface area contributed by atoms with Gasteiger partial charge in [0.25, 0.3) is 15.9 Å². The van der Waals surface area contributed by atoms with Gasteiger partial charge in [0.15, 0.2) is 34.0 Å². The summed E-state index contributed by atoms with van der Waals surface area (Å²) in [5.41, 5.74) is 2.06.